The van der Waals surface area contributed by atoms with Crippen LogP contribution in [-0.2, 0) is 15.8 Å². The van der Waals surface area contributed by atoms with Crippen LogP contribution in [0.3, 0.4) is 0 Å². The molecular formula is C16H22N2O2S. The van der Waals surface area contributed by atoms with Gasteiger partial charge < -0.3 is 0 Å². The Morgan fingerprint density at radius 2 is 2.10 bits per heavy atom. The van der Waals surface area contributed by atoms with Crippen molar-refractivity contribution in [3.05, 3.63) is 35.4 Å². The Bertz CT molecular complexity index is 617. The van der Waals surface area contributed by atoms with Gasteiger partial charge in [-0.05, 0) is 30.9 Å². The first-order valence-corrected chi connectivity index (χ1v) is 9.17. The van der Waals surface area contributed by atoms with E-state index in [1.165, 1.54) is 0 Å². The second kappa shape index (κ2) is 7.06. The van der Waals surface area contributed by atoms with E-state index in [1.807, 2.05) is 0 Å². The van der Waals surface area contributed by atoms with Crippen LogP contribution in [-0.4, -0.2) is 25.3 Å². The highest BCUT2D eigenvalue weighted by Crippen LogP contribution is 2.26. The zero-order chi connectivity index (χ0) is 15.3. The molecule has 1 aliphatic rings. The van der Waals surface area contributed by atoms with Crippen LogP contribution in [0.15, 0.2) is 24.3 Å². The largest absolute Gasteiger partial charge is 0.218 e. The average Bonchev–Trinajstić information content (AvgIpc) is 2.48. The molecule has 1 aromatic carbocycles. The van der Waals surface area contributed by atoms with Crippen LogP contribution in [0.4, 0.5) is 0 Å². The fourth-order valence-corrected chi connectivity index (χ4v) is 4.88. The molecule has 1 heterocycles. The van der Waals surface area contributed by atoms with Gasteiger partial charge in [0.1, 0.15) is 0 Å². The maximum absolute atomic E-state index is 12.7. The summed E-state index contributed by atoms with van der Waals surface area (Å²) >= 11 is 0. The van der Waals surface area contributed by atoms with Crippen molar-refractivity contribution in [2.24, 2.45) is 0 Å². The van der Waals surface area contributed by atoms with Crippen molar-refractivity contribution in [1.82, 2.24) is 4.31 Å². The molecule has 0 aromatic heterocycles. The molecule has 0 aliphatic carbocycles. The number of nitrogens with zero attached hydrogens (tertiary/aromatic N) is 2. The number of hydrogen-bond donors (Lipinski definition) is 0. The highest BCUT2D eigenvalue weighted by Gasteiger charge is 2.32. The molecular weight excluding hydrogens is 284 g/mol. The molecule has 0 saturated carbocycles. The molecule has 1 saturated heterocycles. The van der Waals surface area contributed by atoms with Gasteiger partial charge in [0.05, 0.1) is 17.4 Å². The zero-order valence-electron chi connectivity index (χ0n) is 12.5. The lowest BCUT2D eigenvalue weighted by Gasteiger charge is -2.34. The van der Waals surface area contributed by atoms with Crippen LogP contribution < -0.4 is 0 Å². The number of piperidine rings is 1. The van der Waals surface area contributed by atoms with Gasteiger partial charge in [0.15, 0.2) is 0 Å². The number of benzene rings is 1. The Hall–Kier alpha value is -1.38. The van der Waals surface area contributed by atoms with Crippen molar-refractivity contribution in [3.63, 3.8) is 0 Å². The Morgan fingerprint density at radius 3 is 2.81 bits per heavy atom. The number of rotatable bonds is 5. The Morgan fingerprint density at radius 1 is 1.33 bits per heavy atom. The first kappa shape index (κ1) is 16.0. The molecule has 1 unspecified atom stereocenters. The number of sulfonamides is 1. The van der Waals surface area contributed by atoms with E-state index in [4.69, 9.17) is 5.26 Å². The van der Waals surface area contributed by atoms with E-state index in [0.29, 0.717) is 17.7 Å². The first-order chi connectivity index (χ1) is 10.1. The zero-order valence-corrected chi connectivity index (χ0v) is 13.3. The first-order valence-electron chi connectivity index (χ1n) is 7.56. The van der Waals surface area contributed by atoms with Crippen LogP contribution in [0.1, 0.15) is 50.2 Å². The van der Waals surface area contributed by atoms with Crippen molar-refractivity contribution in [2.75, 3.05) is 6.54 Å². The highest BCUT2D eigenvalue weighted by molar-refractivity contribution is 7.88. The van der Waals surface area contributed by atoms with Crippen LogP contribution >= 0.6 is 0 Å². The minimum Gasteiger partial charge on any atom is -0.212 e. The van der Waals surface area contributed by atoms with Gasteiger partial charge in [-0.3, -0.25) is 0 Å². The fraction of sp³-hybridized carbons (Fsp3) is 0.562. The van der Waals surface area contributed by atoms with Crippen molar-refractivity contribution in [1.29, 1.82) is 5.26 Å². The second-order valence-corrected chi connectivity index (χ2v) is 7.50. The summed E-state index contributed by atoms with van der Waals surface area (Å²) in [6.45, 7) is 2.70. The molecule has 1 aromatic rings. The topological polar surface area (TPSA) is 61.2 Å². The monoisotopic (exact) mass is 306 g/mol. The SMILES string of the molecule is CCCC1CCCCN1S(=O)(=O)Cc1ccccc1C#N. The third-order valence-electron chi connectivity index (χ3n) is 4.03. The van der Waals surface area contributed by atoms with Gasteiger partial charge in [-0.2, -0.15) is 9.57 Å². The maximum atomic E-state index is 12.7. The lowest BCUT2D eigenvalue weighted by molar-refractivity contribution is 0.239. The highest BCUT2D eigenvalue weighted by atomic mass is 32.2. The molecule has 0 radical (unpaired) electrons. The molecule has 5 heteroatoms. The normalized spacial score (nSPS) is 20.1. The van der Waals surface area contributed by atoms with Gasteiger partial charge in [-0.15, -0.1) is 0 Å². The smallest absolute Gasteiger partial charge is 0.212 e. The van der Waals surface area contributed by atoms with E-state index in [9.17, 15) is 8.42 Å². The Labute approximate surface area is 127 Å². The van der Waals surface area contributed by atoms with Crippen molar-refractivity contribution in [2.45, 2.75) is 50.8 Å². The molecule has 21 heavy (non-hydrogen) atoms. The molecule has 1 aliphatic heterocycles. The molecule has 0 bridgehead atoms. The summed E-state index contributed by atoms with van der Waals surface area (Å²) in [5.41, 5.74) is 1.05. The molecule has 0 N–H and O–H groups in total. The van der Waals surface area contributed by atoms with E-state index in [1.54, 1.807) is 28.6 Å². The summed E-state index contributed by atoms with van der Waals surface area (Å²) in [5, 5.41) is 9.10. The molecule has 2 rings (SSSR count). The third kappa shape index (κ3) is 3.84. The quantitative estimate of drug-likeness (QED) is 0.840. The van der Waals surface area contributed by atoms with E-state index in [-0.39, 0.29) is 11.8 Å². The van der Waals surface area contributed by atoms with Crippen LogP contribution in [0, 0.1) is 11.3 Å². The van der Waals surface area contributed by atoms with Crippen molar-refractivity contribution in [3.8, 4) is 6.07 Å². The number of nitriles is 1. The second-order valence-electron chi connectivity index (χ2n) is 5.57. The molecule has 1 atom stereocenters. The maximum Gasteiger partial charge on any atom is 0.218 e. The summed E-state index contributed by atoms with van der Waals surface area (Å²) < 4.78 is 27.1. The van der Waals surface area contributed by atoms with Gasteiger partial charge in [0.25, 0.3) is 0 Å². The summed E-state index contributed by atoms with van der Waals surface area (Å²) in [6, 6.07) is 9.15. The van der Waals surface area contributed by atoms with Crippen LogP contribution in [0.2, 0.25) is 0 Å². The fourth-order valence-electron chi connectivity index (χ4n) is 3.00. The van der Waals surface area contributed by atoms with Gasteiger partial charge in [-0.25, -0.2) is 8.42 Å². The van der Waals surface area contributed by atoms with Crippen LogP contribution in [0.25, 0.3) is 0 Å². The lowest BCUT2D eigenvalue weighted by atomic mass is 10.0. The van der Waals surface area contributed by atoms with E-state index >= 15 is 0 Å². The predicted molar refractivity (Wildman–Crippen MR) is 83.0 cm³/mol. The summed E-state index contributed by atoms with van der Waals surface area (Å²) in [4.78, 5) is 0. The molecule has 0 spiro atoms. The standard InChI is InChI=1S/C16H22N2O2S/c1-2-7-16-10-5-6-11-18(16)21(19,20)13-15-9-4-3-8-14(15)12-17/h3-4,8-9,16H,2,5-7,10-11,13H2,1H3. The Balaban J connectivity index is 2.22. The van der Waals surface area contributed by atoms with E-state index in [0.717, 1.165) is 32.1 Å². The minimum absolute atomic E-state index is 0.0725. The van der Waals surface area contributed by atoms with Crippen LogP contribution in [0.5, 0.6) is 0 Å². The summed E-state index contributed by atoms with van der Waals surface area (Å²) in [7, 11) is -3.36. The summed E-state index contributed by atoms with van der Waals surface area (Å²) in [5.74, 6) is -0.0725. The molecule has 4 nitrogen and oxygen atoms in total. The Kier molecular flexibility index (Phi) is 5.38. The molecule has 0 amide bonds. The van der Waals surface area contributed by atoms with Gasteiger partial charge in [-0.1, -0.05) is 38.0 Å². The van der Waals surface area contributed by atoms with Gasteiger partial charge in [0.2, 0.25) is 10.0 Å². The minimum atomic E-state index is -3.36. The lowest BCUT2D eigenvalue weighted by Crippen LogP contribution is -2.44. The van der Waals surface area contributed by atoms with Gasteiger partial charge >= 0.3 is 0 Å². The van der Waals surface area contributed by atoms with Crippen molar-refractivity contribution >= 4 is 10.0 Å². The molecule has 1 fully saturated rings. The van der Waals surface area contributed by atoms with E-state index < -0.39 is 10.0 Å². The number of hydrogen-bond acceptors (Lipinski definition) is 3. The average molecular weight is 306 g/mol. The van der Waals surface area contributed by atoms with E-state index in [2.05, 4.69) is 13.0 Å². The van der Waals surface area contributed by atoms with Gasteiger partial charge in [0, 0.05) is 12.6 Å². The summed E-state index contributed by atoms with van der Waals surface area (Å²) in [6.07, 6.45) is 4.89. The third-order valence-corrected chi connectivity index (χ3v) is 5.90. The van der Waals surface area contributed by atoms with Crippen molar-refractivity contribution < 1.29 is 8.42 Å². The molecule has 114 valence electrons. The predicted octanol–water partition coefficient (Wildman–Crippen LogP) is 3.04.